The highest BCUT2D eigenvalue weighted by Gasteiger charge is 2.06. The van der Waals surface area contributed by atoms with Crippen LogP contribution >= 0.6 is 15.9 Å². The average Bonchev–Trinajstić information content (AvgIpc) is 2.96. The van der Waals surface area contributed by atoms with Crippen molar-refractivity contribution in [2.75, 3.05) is 13.1 Å². The molecule has 0 saturated heterocycles. The van der Waals surface area contributed by atoms with Crippen LogP contribution in [0, 0.1) is 12.7 Å². The van der Waals surface area contributed by atoms with Crippen LogP contribution in [0.2, 0.25) is 0 Å². The zero-order valence-electron chi connectivity index (χ0n) is 16.2. The maximum absolute atomic E-state index is 13.9. The summed E-state index contributed by atoms with van der Waals surface area (Å²) in [4.78, 5) is 4.60. The van der Waals surface area contributed by atoms with Crippen LogP contribution in [0.1, 0.15) is 43.4 Å². The van der Waals surface area contributed by atoms with Gasteiger partial charge in [-0.05, 0) is 43.9 Å². The van der Waals surface area contributed by atoms with Crippen molar-refractivity contribution < 1.29 is 4.39 Å². The van der Waals surface area contributed by atoms with Crippen LogP contribution in [0.25, 0.3) is 0 Å². The second-order valence-corrected chi connectivity index (χ2v) is 7.35. The van der Waals surface area contributed by atoms with E-state index in [9.17, 15) is 4.39 Å². The van der Waals surface area contributed by atoms with Crippen molar-refractivity contribution >= 4 is 21.9 Å². The Morgan fingerprint density at radius 1 is 1.22 bits per heavy atom. The largest absolute Gasteiger partial charge is 0.356 e. The lowest BCUT2D eigenvalue weighted by atomic mass is 10.1. The van der Waals surface area contributed by atoms with E-state index in [1.54, 1.807) is 0 Å². The molecule has 0 aliphatic carbocycles. The summed E-state index contributed by atoms with van der Waals surface area (Å²) < 4.78 is 16.6. The van der Waals surface area contributed by atoms with Crippen molar-refractivity contribution in [3.8, 4) is 0 Å². The van der Waals surface area contributed by atoms with E-state index in [2.05, 4.69) is 48.7 Å². The first-order chi connectivity index (χ1) is 13.0. The second-order valence-electron chi connectivity index (χ2n) is 6.43. The summed E-state index contributed by atoms with van der Waals surface area (Å²) in [5, 5.41) is 14.9. The number of aryl methyl sites for hydroxylation is 2. The van der Waals surface area contributed by atoms with Crippen LogP contribution in [0.3, 0.4) is 0 Å². The number of guanidine groups is 1. The lowest BCUT2D eigenvalue weighted by Crippen LogP contribution is -2.38. The monoisotopic (exact) mass is 438 g/mol. The van der Waals surface area contributed by atoms with Gasteiger partial charge >= 0.3 is 0 Å². The van der Waals surface area contributed by atoms with E-state index in [4.69, 9.17) is 0 Å². The van der Waals surface area contributed by atoms with Gasteiger partial charge in [-0.25, -0.2) is 9.38 Å². The van der Waals surface area contributed by atoms with Crippen molar-refractivity contribution in [2.24, 2.45) is 12.0 Å². The van der Waals surface area contributed by atoms with Gasteiger partial charge in [0, 0.05) is 24.6 Å². The number of aromatic nitrogens is 3. The Hall–Kier alpha value is -1.96. The van der Waals surface area contributed by atoms with Crippen LogP contribution in [0.15, 0.2) is 27.7 Å². The summed E-state index contributed by atoms with van der Waals surface area (Å²) >= 11 is 3.28. The molecule has 0 bridgehead atoms. The number of hydrogen-bond donors (Lipinski definition) is 2. The number of rotatable bonds is 9. The molecule has 8 heteroatoms. The number of halogens is 2. The molecule has 27 heavy (non-hydrogen) atoms. The summed E-state index contributed by atoms with van der Waals surface area (Å²) in [6.07, 6.45) is 3.69. The van der Waals surface area contributed by atoms with Crippen molar-refractivity contribution in [3.05, 3.63) is 45.7 Å². The van der Waals surface area contributed by atoms with E-state index >= 15 is 0 Å². The highest BCUT2D eigenvalue weighted by atomic mass is 79.9. The minimum atomic E-state index is -0.169. The van der Waals surface area contributed by atoms with Crippen LogP contribution in [0.5, 0.6) is 0 Å². The molecule has 2 rings (SSSR count). The third-order valence-electron chi connectivity index (χ3n) is 4.31. The van der Waals surface area contributed by atoms with Gasteiger partial charge in [0.1, 0.15) is 18.2 Å². The maximum Gasteiger partial charge on any atom is 0.191 e. The molecule has 0 aliphatic rings. The fraction of sp³-hybridized carbons (Fsp3) is 0.526. The smallest absolute Gasteiger partial charge is 0.191 e. The molecule has 0 aliphatic heterocycles. The van der Waals surface area contributed by atoms with Crippen molar-refractivity contribution in [1.82, 2.24) is 25.4 Å². The predicted molar refractivity (Wildman–Crippen MR) is 110 cm³/mol. The Bertz CT molecular complexity index is 759. The number of unbranched alkanes of at least 4 members (excludes halogenated alkanes) is 1. The van der Waals surface area contributed by atoms with Crippen LogP contribution < -0.4 is 10.6 Å². The fourth-order valence-electron chi connectivity index (χ4n) is 2.51. The quantitative estimate of drug-likeness (QED) is 0.357. The first-order valence-electron chi connectivity index (χ1n) is 9.32. The Balaban J connectivity index is 1.87. The van der Waals surface area contributed by atoms with Crippen molar-refractivity contribution in [2.45, 2.75) is 46.1 Å². The molecule has 1 aromatic heterocycles. The molecule has 0 unspecified atom stereocenters. The number of aliphatic imine (C=N–C) groups is 1. The van der Waals surface area contributed by atoms with Gasteiger partial charge in [0.05, 0.1) is 0 Å². The van der Waals surface area contributed by atoms with Gasteiger partial charge in [-0.15, -0.1) is 10.2 Å². The number of nitrogens with zero attached hydrogens (tertiary/aromatic N) is 4. The minimum Gasteiger partial charge on any atom is -0.356 e. The summed E-state index contributed by atoms with van der Waals surface area (Å²) in [6.45, 7) is 6.11. The van der Waals surface area contributed by atoms with Gasteiger partial charge in [-0.2, -0.15) is 0 Å². The maximum atomic E-state index is 13.9. The van der Waals surface area contributed by atoms with Crippen molar-refractivity contribution in [1.29, 1.82) is 0 Å². The normalized spacial score (nSPS) is 11.7. The molecule has 0 spiro atoms. The fourth-order valence-corrected chi connectivity index (χ4v) is 2.84. The second kappa shape index (κ2) is 11.0. The molecule has 1 aromatic carbocycles. The lowest BCUT2D eigenvalue weighted by molar-refractivity contribution is 0.601. The summed E-state index contributed by atoms with van der Waals surface area (Å²) in [5.41, 5.74) is 0.729. The molecular formula is C19H28BrFN6. The van der Waals surface area contributed by atoms with Gasteiger partial charge in [0.25, 0.3) is 0 Å². The third-order valence-corrected chi connectivity index (χ3v) is 4.81. The Kier molecular flexibility index (Phi) is 8.71. The van der Waals surface area contributed by atoms with E-state index in [1.807, 2.05) is 30.7 Å². The zero-order chi connectivity index (χ0) is 19.6. The van der Waals surface area contributed by atoms with Crippen LogP contribution in [-0.2, 0) is 20.0 Å². The minimum absolute atomic E-state index is 0.169. The third kappa shape index (κ3) is 6.93. The number of hydrogen-bond acceptors (Lipinski definition) is 3. The highest BCUT2D eigenvalue weighted by molar-refractivity contribution is 9.10. The van der Waals surface area contributed by atoms with Gasteiger partial charge in [0.15, 0.2) is 11.8 Å². The molecule has 2 aromatic rings. The Morgan fingerprint density at radius 3 is 2.59 bits per heavy atom. The van der Waals surface area contributed by atoms with Gasteiger partial charge in [0.2, 0.25) is 0 Å². The molecule has 1 heterocycles. The molecule has 0 fully saturated rings. The average molecular weight is 439 g/mol. The SMILES string of the molecule is CCCCNC(=NCc1nnc(C)n1C)NCCCc1ccc(Br)cc1F. The first kappa shape index (κ1) is 21.3. The van der Waals surface area contributed by atoms with E-state index < -0.39 is 0 Å². The zero-order valence-corrected chi connectivity index (χ0v) is 17.8. The van der Waals surface area contributed by atoms with Gasteiger partial charge < -0.3 is 15.2 Å². The topological polar surface area (TPSA) is 67.1 Å². The molecule has 0 radical (unpaired) electrons. The van der Waals surface area contributed by atoms with E-state index in [0.717, 1.165) is 53.5 Å². The van der Waals surface area contributed by atoms with Gasteiger partial charge in [-0.3, -0.25) is 0 Å². The molecule has 2 N–H and O–H groups in total. The summed E-state index contributed by atoms with van der Waals surface area (Å²) in [7, 11) is 1.94. The standard InChI is InChI=1S/C19H28BrFN6/c1-4-5-10-22-19(24-13-18-26-25-14(2)27(18)3)23-11-6-7-15-8-9-16(20)12-17(15)21/h8-9,12H,4-7,10-11,13H2,1-3H3,(H2,22,23,24). The summed E-state index contributed by atoms with van der Waals surface area (Å²) in [5.74, 6) is 2.27. The molecule has 0 saturated carbocycles. The number of benzene rings is 1. The Morgan fingerprint density at radius 2 is 1.96 bits per heavy atom. The van der Waals surface area contributed by atoms with Gasteiger partial charge in [-0.1, -0.05) is 35.3 Å². The first-order valence-corrected chi connectivity index (χ1v) is 10.1. The van der Waals surface area contributed by atoms with Crippen LogP contribution in [-0.4, -0.2) is 33.8 Å². The predicted octanol–water partition coefficient (Wildman–Crippen LogP) is 3.49. The molecule has 0 atom stereocenters. The summed E-state index contributed by atoms with van der Waals surface area (Å²) in [6, 6.07) is 5.20. The van der Waals surface area contributed by atoms with E-state index in [0.29, 0.717) is 19.5 Å². The van der Waals surface area contributed by atoms with Crippen LogP contribution in [0.4, 0.5) is 4.39 Å². The molecular weight excluding hydrogens is 411 g/mol. The molecule has 0 amide bonds. The number of nitrogens with one attached hydrogen (secondary N) is 2. The van der Waals surface area contributed by atoms with Crippen molar-refractivity contribution in [3.63, 3.8) is 0 Å². The van der Waals surface area contributed by atoms with E-state index in [1.165, 1.54) is 6.07 Å². The molecule has 6 nitrogen and oxygen atoms in total. The van der Waals surface area contributed by atoms with E-state index in [-0.39, 0.29) is 5.82 Å². The Labute approximate surface area is 168 Å². The molecule has 148 valence electrons. The highest BCUT2D eigenvalue weighted by Crippen LogP contribution is 2.16. The lowest BCUT2D eigenvalue weighted by Gasteiger charge is -2.12.